The fourth-order valence-electron chi connectivity index (χ4n) is 8.17. The molecule has 0 aromatic rings. The number of aliphatic hydroxyl groups excluding tert-OH is 1. The molecule has 3 atom stereocenters. The number of carbonyl (C=O) groups excluding carboxylic acids is 3. The maximum absolute atomic E-state index is 13.4. The summed E-state index contributed by atoms with van der Waals surface area (Å²) in [6.45, 7) is 12.1. The summed E-state index contributed by atoms with van der Waals surface area (Å²) in [7, 11) is 0. The second kappa shape index (κ2) is 33.1. The summed E-state index contributed by atoms with van der Waals surface area (Å²) in [5, 5.41) is 15.6. The standard InChI is InChI=1S/C49H94N2O6/c1-7-9-11-13-15-17-19-21-23-25-27-29-31-33-35-37-39-50-45(54)43(40-51-46(55)48(5)41-49(48,6)57-47(3,4)42-52)56-44(53)38-36-34-32-30-28-26-24-22-20-18-16-14-12-10-8-2/h43,52H,7-42H2,1-6H3,(H,50,54)(H,51,55). The lowest BCUT2D eigenvalue weighted by molar-refractivity contribution is -0.156. The van der Waals surface area contributed by atoms with Crippen LogP contribution < -0.4 is 10.6 Å². The molecule has 3 unspecified atom stereocenters. The van der Waals surface area contributed by atoms with E-state index in [0.29, 0.717) is 13.0 Å². The molecule has 2 amide bonds. The van der Waals surface area contributed by atoms with E-state index in [1.165, 1.54) is 161 Å². The Bertz CT molecular complexity index is 1020. The molecule has 8 nitrogen and oxygen atoms in total. The zero-order valence-corrected chi connectivity index (χ0v) is 38.5. The highest BCUT2D eigenvalue weighted by Crippen LogP contribution is 2.59. The maximum Gasteiger partial charge on any atom is 0.306 e. The number of esters is 1. The van der Waals surface area contributed by atoms with Gasteiger partial charge in [-0.15, -0.1) is 0 Å². The average molecular weight is 807 g/mol. The van der Waals surface area contributed by atoms with Gasteiger partial charge < -0.3 is 25.2 Å². The lowest BCUT2D eigenvalue weighted by Crippen LogP contribution is -2.48. The zero-order chi connectivity index (χ0) is 42.1. The van der Waals surface area contributed by atoms with Gasteiger partial charge in [-0.05, 0) is 47.0 Å². The van der Waals surface area contributed by atoms with Crippen LogP contribution in [0.3, 0.4) is 0 Å². The van der Waals surface area contributed by atoms with Crippen LogP contribution in [0.1, 0.15) is 253 Å². The van der Waals surface area contributed by atoms with E-state index in [0.717, 1.165) is 38.5 Å². The second-order valence-corrected chi connectivity index (χ2v) is 18.7. The van der Waals surface area contributed by atoms with E-state index in [1.807, 2.05) is 13.8 Å². The van der Waals surface area contributed by atoms with Gasteiger partial charge in [-0.3, -0.25) is 14.4 Å². The summed E-state index contributed by atoms with van der Waals surface area (Å²) in [5.41, 5.74) is -2.30. The molecule has 0 heterocycles. The Morgan fingerprint density at radius 3 is 1.33 bits per heavy atom. The van der Waals surface area contributed by atoms with Gasteiger partial charge in [0.1, 0.15) is 0 Å². The summed E-state index contributed by atoms with van der Waals surface area (Å²) >= 11 is 0. The number of unbranched alkanes of at least 4 members (excludes halogenated alkanes) is 29. The van der Waals surface area contributed by atoms with Crippen LogP contribution in [-0.4, -0.2) is 59.9 Å². The van der Waals surface area contributed by atoms with Crippen molar-refractivity contribution in [3.8, 4) is 0 Å². The first kappa shape index (κ1) is 53.3. The van der Waals surface area contributed by atoms with Crippen molar-refractivity contribution in [2.45, 2.75) is 271 Å². The molecule has 8 heteroatoms. The molecule has 3 N–H and O–H groups in total. The molecule has 0 aromatic carbocycles. The van der Waals surface area contributed by atoms with Gasteiger partial charge in [0.25, 0.3) is 5.91 Å². The summed E-state index contributed by atoms with van der Waals surface area (Å²) in [6.07, 6.45) is 39.3. The van der Waals surface area contributed by atoms with Gasteiger partial charge in [0.15, 0.2) is 6.10 Å². The van der Waals surface area contributed by atoms with Crippen molar-refractivity contribution in [3.05, 3.63) is 0 Å². The van der Waals surface area contributed by atoms with Crippen LogP contribution in [0, 0.1) is 5.41 Å². The fourth-order valence-corrected chi connectivity index (χ4v) is 8.17. The van der Waals surface area contributed by atoms with Gasteiger partial charge in [0, 0.05) is 13.0 Å². The number of nitrogens with one attached hydrogen (secondary N) is 2. The average Bonchev–Trinajstić information content (AvgIpc) is 3.74. The number of carbonyl (C=O) groups is 3. The van der Waals surface area contributed by atoms with E-state index in [-0.39, 0.29) is 31.4 Å². The van der Waals surface area contributed by atoms with Gasteiger partial charge in [-0.25, -0.2) is 0 Å². The molecule has 0 aromatic heterocycles. The van der Waals surface area contributed by atoms with E-state index < -0.39 is 28.7 Å². The first-order valence-corrected chi connectivity index (χ1v) is 24.5. The van der Waals surface area contributed by atoms with Crippen LogP contribution in [0.25, 0.3) is 0 Å². The molecule has 1 aliphatic rings. The minimum Gasteiger partial charge on any atom is -0.450 e. The van der Waals surface area contributed by atoms with E-state index in [9.17, 15) is 19.5 Å². The van der Waals surface area contributed by atoms with Crippen molar-refractivity contribution < 1.29 is 29.0 Å². The smallest absolute Gasteiger partial charge is 0.306 e. The van der Waals surface area contributed by atoms with Crippen molar-refractivity contribution in [1.29, 1.82) is 0 Å². The molecular weight excluding hydrogens is 713 g/mol. The van der Waals surface area contributed by atoms with Crippen molar-refractivity contribution >= 4 is 17.8 Å². The van der Waals surface area contributed by atoms with Crippen LogP contribution in [0.4, 0.5) is 0 Å². The van der Waals surface area contributed by atoms with Gasteiger partial charge in [0.05, 0.1) is 29.8 Å². The normalized spacial score (nSPS) is 18.4. The van der Waals surface area contributed by atoms with Crippen molar-refractivity contribution in [1.82, 2.24) is 10.6 Å². The summed E-state index contributed by atoms with van der Waals surface area (Å²) in [6, 6.07) is 0. The predicted octanol–water partition coefficient (Wildman–Crippen LogP) is 12.6. The highest BCUT2D eigenvalue weighted by molar-refractivity contribution is 5.89. The number of amides is 2. The predicted molar refractivity (Wildman–Crippen MR) is 238 cm³/mol. The molecule has 1 rings (SSSR count). The Labute approximate surface area is 352 Å². The lowest BCUT2D eigenvalue weighted by Gasteiger charge is -2.30. The third kappa shape index (κ3) is 26.2. The first-order valence-electron chi connectivity index (χ1n) is 24.5. The Morgan fingerprint density at radius 2 is 0.947 bits per heavy atom. The topological polar surface area (TPSA) is 114 Å². The third-order valence-corrected chi connectivity index (χ3v) is 12.4. The molecule has 0 radical (unpaired) electrons. The number of hydrogen-bond acceptors (Lipinski definition) is 6. The summed E-state index contributed by atoms with van der Waals surface area (Å²) < 4.78 is 11.8. The molecule has 1 saturated carbocycles. The monoisotopic (exact) mass is 807 g/mol. The molecule has 0 spiro atoms. The fraction of sp³-hybridized carbons (Fsp3) is 0.939. The largest absolute Gasteiger partial charge is 0.450 e. The van der Waals surface area contributed by atoms with E-state index in [2.05, 4.69) is 24.5 Å². The summed E-state index contributed by atoms with van der Waals surface area (Å²) in [5.74, 6) is -0.993. The van der Waals surface area contributed by atoms with Crippen LogP contribution in [0.5, 0.6) is 0 Å². The second-order valence-electron chi connectivity index (χ2n) is 18.7. The molecule has 0 aliphatic heterocycles. The Balaban J connectivity index is 2.36. The SMILES string of the molecule is CCCCCCCCCCCCCCCCCCNC(=O)C(CNC(=O)C1(C)CC1(C)OC(C)(C)CO)OC(=O)CCCCCCCCCCCCCCCCC. The van der Waals surface area contributed by atoms with Crippen LogP contribution >= 0.6 is 0 Å². The molecule has 336 valence electrons. The highest BCUT2D eigenvalue weighted by atomic mass is 16.6. The van der Waals surface area contributed by atoms with Crippen LogP contribution in [-0.2, 0) is 23.9 Å². The third-order valence-electron chi connectivity index (χ3n) is 12.4. The van der Waals surface area contributed by atoms with Crippen molar-refractivity contribution in [2.75, 3.05) is 19.7 Å². The molecule has 1 aliphatic carbocycles. The zero-order valence-electron chi connectivity index (χ0n) is 38.5. The van der Waals surface area contributed by atoms with Gasteiger partial charge in [-0.2, -0.15) is 0 Å². The number of rotatable bonds is 41. The molecule has 1 fully saturated rings. The van der Waals surface area contributed by atoms with Crippen molar-refractivity contribution in [2.24, 2.45) is 5.41 Å². The summed E-state index contributed by atoms with van der Waals surface area (Å²) in [4.78, 5) is 39.6. The maximum atomic E-state index is 13.4. The van der Waals surface area contributed by atoms with Gasteiger partial charge >= 0.3 is 5.97 Å². The van der Waals surface area contributed by atoms with E-state index >= 15 is 0 Å². The Morgan fingerprint density at radius 1 is 0.579 bits per heavy atom. The molecule has 0 saturated heterocycles. The van der Waals surface area contributed by atoms with Gasteiger partial charge in [-0.1, -0.05) is 200 Å². The molecular formula is C49H94N2O6. The Hall–Kier alpha value is -1.67. The Kier molecular flexibility index (Phi) is 31.0. The number of ether oxygens (including phenoxy) is 2. The van der Waals surface area contributed by atoms with Crippen molar-refractivity contribution in [3.63, 3.8) is 0 Å². The molecule has 57 heavy (non-hydrogen) atoms. The number of hydrogen-bond donors (Lipinski definition) is 3. The highest BCUT2D eigenvalue weighted by Gasteiger charge is 2.68. The first-order chi connectivity index (χ1) is 27.4. The minimum absolute atomic E-state index is 0.0801. The minimum atomic E-state index is -1.08. The van der Waals surface area contributed by atoms with Gasteiger partial charge in [0.2, 0.25) is 5.91 Å². The molecule has 0 bridgehead atoms. The quantitative estimate of drug-likeness (QED) is 0.0419. The van der Waals surface area contributed by atoms with E-state index in [1.54, 1.807) is 13.8 Å². The van der Waals surface area contributed by atoms with Crippen LogP contribution in [0.2, 0.25) is 0 Å². The van der Waals surface area contributed by atoms with E-state index in [4.69, 9.17) is 9.47 Å². The lowest BCUT2D eigenvalue weighted by atomic mass is 10.0. The van der Waals surface area contributed by atoms with Crippen LogP contribution in [0.15, 0.2) is 0 Å². The number of aliphatic hydroxyl groups is 1.